The highest BCUT2D eigenvalue weighted by Crippen LogP contribution is 2.60. The summed E-state index contributed by atoms with van der Waals surface area (Å²) >= 11 is 0. The average molecular weight is 491 g/mol. The zero-order chi connectivity index (χ0) is 24.8. The lowest BCUT2D eigenvalue weighted by Crippen LogP contribution is -2.70. The summed E-state index contributed by atoms with van der Waals surface area (Å²) in [5.41, 5.74) is 0.324. The minimum Gasteiger partial charge on any atom is -0.497 e. The van der Waals surface area contributed by atoms with Crippen molar-refractivity contribution >= 4 is 5.97 Å². The molecule has 6 rings (SSSR count). The predicted molar refractivity (Wildman–Crippen MR) is 125 cm³/mol. The molecule has 0 N–H and O–H groups in total. The van der Waals surface area contributed by atoms with Crippen molar-refractivity contribution in [3.63, 3.8) is 0 Å². The van der Waals surface area contributed by atoms with E-state index in [0.717, 1.165) is 37.0 Å². The number of ether oxygens (including phenoxy) is 5. The van der Waals surface area contributed by atoms with E-state index in [0.29, 0.717) is 18.3 Å². The van der Waals surface area contributed by atoms with Gasteiger partial charge in [-0.2, -0.15) is 0 Å². The van der Waals surface area contributed by atoms with Crippen LogP contribution in [0.15, 0.2) is 24.3 Å². The molecule has 5 fully saturated rings. The fourth-order valence-corrected chi connectivity index (χ4v) is 6.67. The van der Waals surface area contributed by atoms with E-state index in [1.54, 1.807) is 7.11 Å². The van der Waals surface area contributed by atoms with E-state index < -0.39 is 24.0 Å². The molecule has 9 atom stereocenters. The SMILES string of the molecule is COC(=O)CC[C@@H](O[C@H]1O[C@@H]2O[C@]3(C)CC[C@H]4[C@H](C)CCC([C@H]1C)[C@@]24OO3)c1ccc(OC)cc1. The summed E-state index contributed by atoms with van der Waals surface area (Å²) in [6, 6.07) is 7.74. The minimum atomic E-state index is -0.830. The van der Waals surface area contributed by atoms with Gasteiger partial charge in [-0.25, -0.2) is 9.78 Å². The maximum absolute atomic E-state index is 11.9. The molecule has 5 aliphatic rings. The van der Waals surface area contributed by atoms with Gasteiger partial charge in [0.15, 0.2) is 18.2 Å². The van der Waals surface area contributed by atoms with E-state index in [9.17, 15) is 4.79 Å². The normalized spacial score (nSPS) is 40.9. The molecular formula is C27H38O8. The van der Waals surface area contributed by atoms with Gasteiger partial charge in [0.1, 0.15) is 5.75 Å². The number of hydrogen-bond acceptors (Lipinski definition) is 8. The van der Waals surface area contributed by atoms with Gasteiger partial charge in [0, 0.05) is 24.7 Å². The van der Waals surface area contributed by atoms with Crippen LogP contribution in [0.5, 0.6) is 5.75 Å². The van der Waals surface area contributed by atoms with Crippen LogP contribution < -0.4 is 4.74 Å². The maximum Gasteiger partial charge on any atom is 0.305 e. The molecule has 4 aliphatic heterocycles. The standard InChI is InChI=1S/C27H38O8/c1-16-6-11-21-17(2)24(32-25-27(21)20(16)14-15-26(3,33-25)34-35-27)31-22(12-13-23(28)30-5)18-7-9-19(29-4)10-8-18/h7-10,16-17,20-22,24-25H,6,11-15H2,1-5H3/t16-,17-,20+,21?,22-,24+,25-,26+,27-/m1/s1. The highest BCUT2D eigenvalue weighted by Gasteiger charge is 2.69. The molecule has 4 saturated heterocycles. The molecule has 1 saturated carbocycles. The number of methoxy groups -OCH3 is 2. The fraction of sp³-hybridized carbons (Fsp3) is 0.741. The molecule has 0 amide bonds. The van der Waals surface area contributed by atoms with Gasteiger partial charge in [-0.1, -0.05) is 26.0 Å². The van der Waals surface area contributed by atoms with Gasteiger partial charge >= 0.3 is 5.97 Å². The predicted octanol–water partition coefficient (Wildman–Crippen LogP) is 4.91. The molecule has 4 heterocycles. The molecule has 8 heteroatoms. The lowest BCUT2D eigenvalue weighted by atomic mass is 9.58. The third kappa shape index (κ3) is 4.37. The minimum absolute atomic E-state index is 0.0507. The molecule has 1 aromatic rings. The Morgan fingerprint density at radius 3 is 2.57 bits per heavy atom. The molecule has 2 bridgehead atoms. The van der Waals surface area contributed by atoms with E-state index in [1.165, 1.54) is 7.11 Å². The fourth-order valence-electron chi connectivity index (χ4n) is 6.67. The van der Waals surface area contributed by atoms with Crippen LogP contribution in [-0.2, 0) is 33.5 Å². The first-order chi connectivity index (χ1) is 16.8. The van der Waals surface area contributed by atoms with Crippen LogP contribution in [0, 0.1) is 23.7 Å². The first kappa shape index (κ1) is 25.0. The third-order valence-corrected chi connectivity index (χ3v) is 8.72. The van der Waals surface area contributed by atoms with Crippen molar-refractivity contribution in [3.8, 4) is 5.75 Å². The Hall–Kier alpha value is -1.71. The Morgan fingerprint density at radius 1 is 1.09 bits per heavy atom. The number of benzene rings is 1. The highest BCUT2D eigenvalue weighted by atomic mass is 17.3. The molecular weight excluding hydrogens is 452 g/mol. The van der Waals surface area contributed by atoms with E-state index >= 15 is 0 Å². The van der Waals surface area contributed by atoms with Crippen molar-refractivity contribution in [2.24, 2.45) is 23.7 Å². The van der Waals surface area contributed by atoms with Crippen LogP contribution in [0.4, 0.5) is 0 Å². The Labute approximate surface area is 207 Å². The molecule has 1 aliphatic carbocycles. The quantitative estimate of drug-likeness (QED) is 0.394. The van der Waals surface area contributed by atoms with Gasteiger partial charge < -0.3 is 23.7 Å². The van der Waals surface area contributed by atoms with Crippen molar-refractivity contribution in [2.45, 2.75) is 89.4 Å². The Balaban J connectivity index is 1.42. The third-order valence-electron chi connectivity index (χ3n) is 8.72. The number of rotatable bonds is 7. The van der Waals surface area contributed by atoms with Crippen LogP contribution in [-0.4, -0.2) is 44.2 Å². The first-order valence-electron chi connectivity index (χ1n) is 12.9. The van der Waals surface area contributed by atoms with Crippen molar-refractivity contribution in [2.75, 3.05) is 14.2 Å². The van der Waals surface area contributed by atoms with Crippen molar-refractivity contribution in [1.29, 1.82) is 0 Å². The van der Waals surface area contributed by atoms with Gasteiger partial charge in [-0.05, 0) is 62.1 Å². The first-order valence-corrected chi connectivity index (χ1v) is 12.9. The van der Waals surface area contributed by atoms with Crippen molar-refractivity contribution in [1.82, 2.24) is 0 Å². The number of fused-ring (bicyclic) bond motifs is 2. The summed E-state index contributed by atoms with van der Waals surface area (Å²) in [6.45, 7) is 6.39. The Bertz CT molecular complexity index is 905. The zero-order valence-corrected chi connectivity index (χ0v) is 21.4. The smallest absolute Gasteiger partial charge is 0.305 e. The average Bonchev–Trinajstić information content (AvgIpc) is 3.10. The topological polar surface area (TPSA) is 81.7 Å². The maximum atomic E-state index is 11.9. The summed E-state index contributed by atoms with van der Waals surface area (Å²) < 4.78 is 29.9. The lowest BCUT2D eigenvalue weighted by molar-refractivity contribution is -0.578. The number of carbonyl (C=O) groups is 1. The Morgan fingerprint density at radius 2 is 1.86 bits per heavy atom. The Kier molecular flexibility index (Phi) is 6.87. The molecule has 0 aromatic heterocycles. The molecule has 1 aromatic carbocycles. The second kappa shape index (κ2) is 9.63. The molecule has 1 unspecified atom stereocenters. The number of hydrogen-bond donors (Lipinski definition) is 0. The van der Waals surface area contributed by atoms with Crippen LogP contribution >= 0.6 is 0 Å². The summed E-state index contributed by atoms with van der Waals surface area (Å²) in [5, 5.41) is 0. The number of esters is 1. The lowest BCUT2D eigenvalue weighted by Gasteiger charge is -2.60. The van der Waals surface area contributed by atoms with Crippen LogP contribution in [0.25, 0.3) is 0 Å². The van der Waals surface area contributed by atoms with Gasteiger partial charge in [-0.15, -0.1) is 0 Å². The van der Waals surface area contributed by atoms with Crippen LogP contribution in [0.1, 0.15) is 71.0 Å². The van der Waals surface area contributed by atoms with Gasteiger partial charge in [-0.3, -0.25) is 4.79 Å². The largest absolute Gasteiger partial charge is 0.497 e. The van der Waals surface area contributed by atoms with E-state index in [4.69, 9.17) is 33.5 Å². The van der Waals surface area contributed by atoms with Crippen molar-refractivity contribution in [3.05, 3.63) is 29.8 Å². The zero-order valence-electron chi connectivity index (χ0n) is 21.4. The second-order valence-corrected chi connectivity index (χ2v) is 10.8. The summed E-state index contributed by atoms with van der Waals surface area (Å²) in [5.74, 6) is 0.693. The van der Waals surface area contributed by atoms with Crippen LogP contribution in [0.3, 0.4) is 0 Å². The summed E-state index contributed by atoms with van der Waals surface area (Å²) in [6.07, 6.45) is 3.17. The summed E-state index contributed by atoms with van der Waals surface area (Å²) in [4.78, 5) is 24.1. The number of carbonyl (C=O) groups excluding carboxylic acids is 1. The molecule has 8 nitrogen and oxygen atoms in total. The summed E-state index contributed by atoms with van der Waals surface area (Å²) in [7, 11) is 3.04. The van der Waals surface area contributed by atoms with Gasteiger partial charge in [0.05, 0.1) is 20.3 Å². The van der Waals surface area contributed by atoms with E-state index in [2.05, 4.69) is 13.8 Å². The second-order valence-electron chi connectivity index (χ2n) is 10.8. The van der Waals surface area contributed by atoms with Gasteiger partial charge in [0.25, 0.3) is 0 Å². The molecule has 35 heavy (non-hydrogen) atoms. The molecule has 0 radical (unpaired) electrons. The molecule has 194 valence electrons. The monoisotopic (exact) mass is 490 g/mol. The van der Waals surface area contributed by atoms with E-state index in [-0.39, 0.29) is 30.3 Å². The van der Waals surface area contributed by atoms with E-state index in [1.807, 2.05) is 31.2 Å². The van der Waals surface area contributed by atoms with Crippen LogP contribution in [0.2, 0.25) is 0 Å². The van der Waals surface area contributed by atoms with Crippen molar-refractivity contribution < 1.29 is 38.3 Å². The molecule has 1 spiro atoms. The highest BCUT2D eigenvalue weighted by molar-refractivity contribution is 5.69. The van der Waals surface area contributed by atoms with Gasteiger partial charge in [0.2, 0.25) is 5.79 Å².